The van der Waals surface area contributed by atoms with E-state index in [9.17, 15) is 31.2 Å². The summed E-state index contributed by atoms with van der Waals surface area (Å²) in [5.74, 6) is -1.15. The van der Waals surface area contributed by atoms with Crippen LogP contribution in [0.4, 0.5) is 11.4 Å². The van der Waals surface area contributed by atoms with Gasteiger partial charge in [0.05, 0.1) is 41.3 Å². The normalized spacial score (nSPS) is 13.3. The van der Waals surface area contributed by atoms with Gasteiger partial charge >= 0.3 is 5.97 Å². The van der Waals surface area contributed by atoms with E-state index in [4.69, 9.17) is 23.7 Å². The highest BCUT2D eigenvalue weighted by atomic mass is 32.2. The van der Waals surface area contributed by atoms with Crippen molar-refractivity contribution in [2.45, 2.75) is 90.9 Å². The van der Waals surface area contributed by atoms with Crippen LogP contribution in [0.5, 0.6) is 23.0 Å². The van der Waals surface area contributed by atoms with Gasteiger partial charge in [0.1, 0.15) is 35.7 Å². The molecule has 0 radical (unpaired) electrons. The van der Waals surface area contributed by atoms with Crippen LogP contribution in [0.15, 0.2) is 59.5 Å². The lowest BCUT2D eigenvalue weighted by atomic mass is 9.86. The zero-order valence-electron chi connectivity index (χ0n) is 33.4. The van der Waals surface area contributed by atoms with Crippen molar-refractivity contribution < 1.29 is 54.9 Å². The van der Waals surface area contributed by atoms with Crippen molar-refractivity contribution in [3.63, 3.8) is 0 Å². The van der Waals surface area contributed by atoms with Crippen LogP contribution in [0, 0.1) is 5.41 Å². The quantitative estimate of drug-likeness (QED) is 0.124. The lowest BCUT2D eigenvalue weighted by Gasteiger charge is -2.26. The minimum atomic E-state index is -3.95. The molecule has 14 nitrogen and oxygen atoms in total. The van der Waals surface area contributed by atoms with Crippen LogP contribution >= 0.6 is 0 Å². The Kier molecular flexibility index (Phi) is 14.0. The van der Waals surface area contributed by atoms with Gasteiger partial charge in [-0.25, -0.2) is 21.6 Å². The zero-order valence-corrected chi connectivity index (χ0v) is 35.0. The number of ketones is 1. The Morgan fingerprint density at radius 3 is 1.95 bits per heavy atom. The van der Waals surface area contributed by atoms with E-state index >= 15 is 0 Å². The summed E-state index contributed by atoms with van der Waals surface area (Å²) in [6.07, 6.45) is -1.12. The van der Waals surface area contributed by atoms with Crippen LogP contribution in [0.2, 0.25) is 0 Å². The average molecular weight is 805 g/mol. The Labute approximate surface area is 324 Å². The molecule has 16 heteroatoms. The lowest BCUT2D eigenvalue weighted by Crippen LogP contribution is -2.45. The zero-order chi connectivity index (χ0) is 41.7. The highest BCUT2D eigenvalue weighted by Gasteiger charge is 2.38. The number of carbonyl (C=O) groups is 3. The number of Topliss-reactive ketones (excluding diaryl/α,β-unsaturated/α-hetero) is 1. The molecule has 55 heavy (non-hydrogen) atoms. The molecule has 0 heterocycles. The molecule has 3 rings (SSSR count). The summed E-state index contributed by atoms with van der Waals surface area (Å²) in [4.78, 5) is 40.6. The molecule has 2 N–H and O–H groups in total. The number of hydrogen-bond acceptors (Lipinski definition) is 12. The second-order valence-electron chi connectivity index (χ2n) is 15.4. The maximum absolute atomic E-state index is 13.9. The Hall–Kier alpha value is -4.83. The van der Waals surface area contributed by atoms with Crippen molar-refractivity contribution in [3.8, 4) is 23.0 Å². The van der Waals surface area contributed by atoms with E-state index < -0.39 is 61.2 Å². The number of hydrogen-bond donors (Lipinski definition) is 2. The van der Waals surface area contributed by atoms with Gasteiger partial charge < -0.3 is 29.0 Å². The summed E-state index contributed by atoms with van der Waals surface area (Å²) in [5.41, 5.74) is -0.531. The molecule has 0 bridgehead atoms. The first-order valence-electron chi connectivity index (χ1n) is 17.4. The van der Waals surface area contributed by atoms with Crippen LogP contribution in [0.1, 0.15) is 78.2 Å². The fraction of sp³-hybridized carbons (Fsp3) is 0.462. The Bertz CT molecular complexity index is 2120. The van der Waals surface area contributed by atoms with E-state index in [0.717, 1.165) is 36.3 Å². The highest BCUT2D eigenvalue weighted by Crippen LogP contribution is 2.35. The molecule has 1 amide bonds. The number of esters is 1. The first kappa shape index (κ1) is 44.6. The van der Waals surface area contributed by atoms with Crippen molar-refractivity contribution in [2.24, 2.45) is 5.41 Å². The number of amides is 1. The third-order valence-corrected chi connectivity index (χ3v) is 9.45. The van der Waals surface area contributed by atoms with E-state index in [2.05, 4.69) is 10.0 Å². The van der Waals surface area contributed by atoms with Crippen LogP contribution in [0.25, 0.3) is 0 Å². The van der Waals surface area contributed by atoms with Crippen molar-refractivity contribution in [1.29, 1.82) is 0 Å². The number of methoxy groups -OCH3 is 1. The average Bonchev–Trinajstić information content (AvgIpc) is 3.04. The third kappa shape index (κ3) is 12.9. The molecule has 0 fully saturated rings. The van der Waals surface area contributed by atoms with Gasteiger partial charge in [0, 0.05) is 17.2 Å². The molecule has 3 aromatic carbocycles. The molecule has 0 saturated carbocycles. The Balaban J connectivity index is 1.90. The summed E-state index contributed by atoms with van der Waals surface area (Å²) in [7, 11) is -6.13. The summed E-state index contributed by atoms with van der Waals surface area (Å²) >= 11 is 0. The molecular weight excluding hydrogens is 753 g/mol. The van der Waals surface area contributed by atoms with Crippen LogP contribution in [-0.4, -0.2) is 79.0 Å². The number of carbonyl (C=O) groups excluding carboxylic acids is 3. The molecule has 0 aliphatic rings. The van der Waals surface area contributed by atoms with Crippen molar-refractivity contribution >= 4 is 48.9 Å². The molecule has 0 aliphatic carbocycles. The SMILES string of the molecule is COc1ccc(OCC(C)OC(=O)c2ccc(NC(=O)C(Oc3ccc(S(C)(=O)=O)cc3NS(C)(=O)=O)C(=O)C(C)(C)C)c(OC(C)C)c2)c(C(C)(C)C)c1. The molecule has 0 spiro atoms. The number of benzene rings is 3. The summed E-state index contributed by atoms with van der Waals surface area (Å²) in [6.45, 7) is 16.1. The fourth-order valence-electron chi connectivity index (χ4n) is 5.01. The van der Waals surface area contributed by atoms with Crippen LogP contribution in [0.3, 0.4) is 0 Å². The van der Waals surface area contributed by atoms with Gasteiger partial charge in [-0.1, -0.05) is 41.5 Å². The second kappa shape index (κ2) is 17.3. The minimum absolute atomic E-state index is 0.0617. The summed E-state index contributed by atoms with van der Waals surface area (Å²) in [5, 5.41) is 2.64. The van der Waals surface area contributed by atoms with Gasteiger partial charge in [0.15, 0.2) is 15.6 Å². The first-order valence-corrected chi connectivity index (χ1v) is 21.1. The molecule has 0 saturated heterocycles. The summed E-state index contributed by atoms with van der Waals surface area (Å²) < 4.78 is 79.9. The van der Waals surface area contributed by atoms with Crippen molar-refractivity contribution in [3.05, 3.63) is 65.7 Å². The topological polar surface area (TPSA) is 190 Å². The predicted molar refractivity (Wildman–Crippen MR) is 210 cm³/mol. The lowest BCUT2D eigenvalue weighted by molar-refractivity contribution is -0.140. The largest absolute Gasteiger partial charge is 0.497 e. The number of sulfonamides is 1. The first-order chi connectivity index (χ1) is 25.2. The predicted octanol–water partition coefficient (Wildman–Crippen LogP) is 6.18. The van der Waals surface area contributed by atoms with Gasteiger partial charge in [-0.15, -0.1) is 0 Å². The molecule has 2 atom stereocenters. The Morgan fingerprint density at radius 2 is 1.40 bits per heavy atom. The van der Waals surface area contributed by atoms with Crippen molar-refractivity contribution in [2.75, 3.05) is 36.3 Å². The monoisotopic (exact) mass is 804 g/mol. The second-order valence-corrected chi connectivity index (χ2v) is 19.2. The number of sulfone groups is 1. The number of nitrogens with one attached hydrogen (secondary N) is 2. The Morgan fingerprint density at radius 1 is 0.764 bits per heavy atom. The maximum Gasteiger partial charge on any atom is 0.338 e. The summed E-state index contributed by atoms with van der Waals surface area (Å²) in [6, 6.07) is 13.1. The molecular formula is C39H52N2O12S2. The minimum Gasteiger partial charge on any atom is -0.497 e. The molecule has 2 unspecified atom stereocenters. The number of anilines is 2. The van der Waals surface area contributed by atoms with Gasteiger partial charge in [-0.05, 0) is 80.8 Å². The standard InChI is InChI=1S/C39H52N2O12S2/c1-23(2)51-33-19-25(37(44)52-24(3)22-50-31-17-14-26(49-10)20-28(31)38(4,5)6)13-16-29(33)40-36(43)34(35(42)39(7,8)9)53-32-18-15-27(54(11,45)46)21-30(32)41-55(12,47)48/h13-21,23-24,34,41H,22H2,1-12H3,(H,40,43). The smallest absolute Gasteiger partial charge is 0.338 e. The van der Waals surface area contributed by atoms with Gasteiger partial charge in [0.2, 0.25) is 16.1 Å². The van der Waals surface area contributed by atoms with Crippen LogP contribution in [-0.2, 0) is 39.6 Å². The third-order valence-electron chi connectivity index (χ3n) is 7.75. The van der Waals surface area contributed by atoms with E-state index in [-0.39, 0.29) is 45.4 Å². The van der Waals surface area contributed by atoms with Crippen LogP contribution < -0.4 is 29.0 Å². The number of rotatable bonds is 16. The molecule has 3 aromatic rings. The van der Waals surface area contributed by atoms with Gasteiger partial charge in [-0.2, -0.15) is 0 Å². The molecule has 302 valence electrons. The van der Waals surface area contributed by atoms with Crippen molar-refractivity contribution in [1.82, 2.24) is 0 Å². The fourth-order valence-corrected chi connectivity index (χ4v) is 6.22. The van der Waals surface area contributed by atoms with Gasteiger partial charge in [-0.3, -0.25) is 14.3 Å². The molecule has 0 aromatic heterocycles. The number of ether oxygens (including phenoxy) is 5. The molecule has 0 aliphatic heterocycles. The highest BCUT2D eigenvalue weighted by molar-refractivity contribution is 7.92. The maximum atomic E-state index is 13.9. The van der Waals surface area contributed by atoms with E-state index in [1.807, 2.05) is 26.8 Å². The van der Waals surface area contributed by atoms with Gasteiger partial charge in [0.25, 0.3) is 5.91 Å². The van der Waals surface area contributed by atoms with E-state index in [0.29, 0.717) is 11.5 Å². The van der Waals surface area contributed by atoms with E-state index in [1.54, 1.807) is 60.8 Å². The van der Waals surface area contributed by atoms with E-state index in [1.165, 1.54) is 18.2 Å².